The van der Waals surface area contributed by atoms with E-state index in [1.54, 1.807) is 30.3 Å². The molecule has 0 saturated carbocycles. The Morgan fingerprint density at radius 3 is 2.68 bits per heavy atom. The number of hydrogen-bond acceptors (Lipinski definition) is 5. The summed E-state index contributed by atoms with van der Waals surface area (Å²) in [4.78, 5) is 12.3. The van der Waals surface area contributed by atoms with Crippen LogP contribution >= 0.6 is 15.9 Å². The Bertz CT molecular complexity index is 507. The Labute approximate surface area is 138 Å². The number of ether oxygens (including phenoxy) is 3. The quantitative estimate of drug-likeness (QED) is 0.488. The van der Waals surface area contributed by atoms with Gasteiger partial charge in [0.05, 0.1) is 5.56 Å². The Kier molecular flexibility index (Phi) is 6.14. The van der Waals surface area contributed by atoms with Crippen molar-refractivity contribution in [1.82, 2.24) is 0 Å². The first-order valence-corrected chi connectivity index (χ1v) is 8.05. The number of halogens is 1. The minimum absolute atomic E-state index is 0.441. The standard InChI is InChI=1S/C16H19BrO5/c1-3-11-13(18)16(20-2)21-12(9-17)14(11)22-15(19)10-7-5-4-6-8-10/h3-8,11-14,16,18H,1,9H2,2H3/t11-,12+,13-,14-,16-/m0/s1. The van der Waals surface area contributed by atoms with E-state index in [1.165, 1.54) is 7.11 Å². The first-order chi connectivity index (χ1) is 10.6. The van der Waals surface area contributed by atoms with Gasteiger partial charge in [0.25, 0.3) is 0 Å². The number of aliphatic hydroxyl groups excluding tert-OH is 1. The summed E-state index contributed by atoms with van der Waals surface area (Å²) < 4.78 is 16.3. The van der Waals surface area contributed by atoms with Crippen LogP contribution in [0.1, 0.15) is 10.4 Å². The highest BCUT2D eigenvalue weighted by atomic mass is 79.9. The van der Waals surface area contributed by atoms with E-state index in [9.17, 15) is 9.90 Å². The summed E-state index contributed by atoms with van der Waals surface area (Å²) in [6.07, 6.45) is -1.25. The highest BCUT2D eigenvalue weighted by Crippen LogP contribution is 2.31. The van der Waals surface area contributed by atoms with E-state index in [1.807, 2.05) is 6.07 Å². The van der Waals surface area contributed by atoms with Gasteiger partial charge < -0.3 is 19.3 Å². The Morgan fingerprint density at radius 2 is 2.14 bits per heavy atom. The maximum Gasteiger partial charge on any atom is 0.338 e. The normalized spacial score (nSPS) is 31.5. The predicted octanol–water partition coefficient (Wildman–Crippen LogP) is 2.14. The Hall–Kier alpha value is -1.21. The molecule has 1 saturated heterocycles. The molecule has 0 bridgehead atoms. The lowest BCUT2D eigenvalue weighted by molar-refractivity contribution is -0.264. The van der Waals surface area contributed by atoms with Gasteiger partial charge >= 0.3 is 5.97 Å². The lowest BCUT2D eigenvalue weighted by Crippen LogP contribution is -2.56. The van der Waals surface area contributed by atoms with Crippen molar-refractivity contribution in [3.05, 3.63) is 48.6 Å². The van der Waals surface area contributed by atoms with Crippen molar-refractivity contribution < 1.29 is 24.1 Å². The van der Waals surface area contributed by atoms with Crippen molar-refractivity contribution >= 4 is 21.9 Å². The summed E-state index contributed by atoms with van der Waals surface area (Å²) in [5.74, 6) is -0.941. The summed E-state index contributed by atoms with van der Waals surface area (Å²) in [5, 5.41) is 10.7. The number of rotatable bonds is 5. The molecule has 120 valence electrons. The number of carbonyl (C=O) groups excluding carboxylic acids is 1. The molecule has 1 aliphatic heterocycles. The Balaban J connectivity index is 2.18. The van der Waals surface area contributed by atoms with Crippen LogP contribution in [0, 0.1) is 5.92 Å². The van der Waals surface area contributed by atoms with Crippen LogP contribution in [0.2, 0.25) is 0 Å². The number of aliphatic hydroxyl groups is 1. The number of esters is 1. The van der Waals surface area contributed by atoms with Crippen LogP contribution in [0.4, 0.5) is 0 Å². The van der Waals surface area contributed by atoms with Gasteiger partial charge in [0, 0.05) is 18.4 Å². The topological polar surface area (TPSA) is 65.0 Å². The second kappa shape index (κ2) is 7.87. The van der Waals surface area contributed by atoms with Crippen LogP contribution in [0.3, 0.4) is 0 Å². The van der Waals surface area contributed by atoms with Crippen molar-refractivity contribution in [3.8, 4) is 0 Å². The van der Waals surface area contributed by atoms with Crippen LogP contribution < -0.4 is 0 Å². The second-order valence-corrected chi connectivity index (χ2v) is 5.62. The van der Waals surface area contributed by atoms with Gasteiger partial charge in [-0.1, -0.05) is 40.2 Å². The predicted molar refractivity (Wildman–Crippen MR) is 84.8 cm³/mol. The first kappa shape index (κ1) is 17.1. The van der Waals surface area contributed by atoms with E-state index in [0.717, 1.165) is 0 Å². The molecule has 0 spiro atoms. The van der Waals surface area contributed by atoms with Gasteiger partial charge in [0.15, 0.2) is 6.29 Å². The average Bonchev–Trinajstić information content (AvgIpc) is 2.56. The zero-order valence-corrected chi connectivity index (χ0v) is 13.8. The van der Waals surface area contributed by atoms with Crippen molar-refractivity contribution in [2.75, 3.05) is 12.4 Å². The fourth-order valence-corrected chi connectivity index (χ4v) is 2.99. The van der Waals surface area contributed by atoms with Crippen molar-refractivity contribution in [3.63, 3.8) is 0 Å². The molecule has 1 fully saturated rings. The summed E-state index contributed by atoms with van der Waals surface area (Å²) in [5.41, 5.74) is 0.446. The molecule has 1 heterocycles. The molecule has 0 aromatic heterocycles. The van der Waals surface area contributed by atoms with Crippen LogP contribution in [-0.2, 0) is 14.2 Å². The lowest BCUT2D eigenvalue weighted by Gasteiger charge is -2.42. The van der Waals surface area contributed by atoms with Gasteiger partial charge in [0.1, 0.15) is 18.3 Å². The number of alkyl halides is 1. The average molecular weight is 371 g/mol. The van der Waals surface area contributed by atoms with Gasteiger partial charge in [0.2, 0.25) is 0 Å². The van der Waals surface area contributed by atoms with Crippen LogP contribution in [0.25, 0.3) is 0 Å². The lowest BCUT2D eigenvalue weighted by atomic mass is 9.89. The minimum atomic E-state index is -0.952. The third-order valence-corrected chi connectivity index (χ3v) is 4.28. The van der Waals surface area contributed by atoms with Crippen molar-refractivity contribution in [2.24, 2.45) is 5.92 Å². The van der Waals surface area contributed by atoms with E-state index in [-0.39, 0.29) is 0 Å². The van der Waals surface area contributed by atoms with Gasteiger partial charge in [-0.2, -0.15) is 0 Å². The molecular formula is C16H19BrO5. The monoisotopic (exact) mass is 370 g/mol. The summed E-state index contributed by atoms with van der Waals surface area (Å²) in [7, 11) is 1.45. The third kappa shape index (κ3) is 3.57. The second-order valence-electron chi connectivity index (χ2n) is 4.97. The first-order valence-electron chi connectivity index (χ1n) is 6.93. The van der Waals surface area contributed by atoms with Gasteiger partial charge in [-0.05, 0) is 12.1 Å². The molecule has 1 N–H and O–H groups in total. The highest BCUT2D eigenvalue weighted by Gasteiger charge is 2.45. The van der Waals surface area contributed by atoms with Gasteiger partial charge in [-0.25, -0.2) is 4.79 Å². The Morgan fingerprint density at radius 1 is 1.45 bits per heavy atom. The summed E-state index contributed by atoms with van der Waals surface area (Å²) in [6, 6.07) is 8.69. The molecule has 1 aromatic carbocycles. The van der Waals surface area contributed by atoms with E-state index in [2.05, 4.69) is 22.5 Å². The minimum Gasteiger partial charge on any atom is -0.455 e. The number of hydrogen-bond donors (Lipinski definition) is 1. The van der Waals surface area contributed by atoms with Crippen LogP contribution in [0.15, 0.2) is 43.0 Å². The SMILES string of the molecule is C=C[C@H]1[C@H](O)[C@@H](OC)O[C@H](CBr)[C@H]1OC(=O)c1ccccc1. The van der Waals surface area contributed by atoms with E-state index < -0.39 is 36.5 Å². The zero-order valence-electron chi connectivity index (χ0n) is 12.2. The molecule has 1 aliphatic rings. The zero-order chi connectivity index (χ0) is 16.1. The van der Waals surface area contributed by atoms with Crippen LogP contribution in [-0.4, -0.2) is 48.1 Å². The van der Waals surface area contributed by atoms with E-state index in [0.29, 0.717) is 10.9 Å². The van der Waals surface area contributed by atoms with Crippen LogP contribution in [0.5, 0.6) is 0 Å². The van der Waals surface area contributed by atoms with Gasteiger partial charge in [-0.15, -0.1) is 6.58 Å². The molecule has 5 atom stereocenters. The number of methoxy groups -OCH3 is 1. The van der Waals surface area contributed by atoms with Crippen molar-refractivity contribution in [1.29, 1.82) is 0 Å². The van der Waals surface area contributed by atoms with E-state index in [4.69, 9.17) is 14.2 Å². The van der Waals surface area contributed by atoms with E-state index >= 15 is 0 Å². The molecule has 0 aliphatic carbocycles. The number of benzene rings is 1. The molecule has 5 nitrogen and oxygen atoms in total. The molecule has 0 amide bonds. The molecular weight excluding hydrogens is 352 g/mol. The third-order valence-electron chi connectivity index (χ3n) is 3.64. The molecule has 0 unspecified atom stereocenters. The maximum absolute atomic E-state index is 12.3. The molecule has 22 heavy (non-hydrogen) atoms. The molecule has 6 heteroatoms. The fraction of sp³-hybridized carbons (Fsp3) is 0.438. The summed E-state index contributed by atoms with van der Waals surface area (Å²) >= 11 is 3.34. The molecule has 2 rings (SSSR count). The fourth-order valence-electron chi connectivity index (χ4n) is 2.47. The van der Waals surface area contributed by atoms with Crippen molar-refractivity contribution in [2.45, 2.75) is 24.6 Å². The number of carbonyl (C=O) groups is 1. The molecule has 1 aromatic rings. The highest BCUT2D eigenvalue weighted by molar-refractivity contribution is 9.09. The maximum atomic E-state index is 12.3. The molecule has 0 radical (unpaired) electrons. The smallest absolute Gasteiger partial charge is 0.338 e. The summed E-state index contributed by atoms with van der Waals surface area (Å²) in [6.45, 7) is 3.72. The largest absolute Gasteiger partial charge is 0.455 e. The van der Waals surface area contributed by atoms with Gasteiger partial charge in [-0.3, -0.25) is 0 Å².